The Bertz CT molecular complexity index is 698. The van der Waals surface area contributed by atoms with Gasteiger partial charge in [0.15, 0.2) is 0 Å². The highest BCUT2D eigenvalue weighted by molar-refractivity contribution is 7.16. The van der Waals surface area contributed by atoms with Crippen LogP contribution in [-0.4, -0.2) is 15.0 Å². The van der Waals surface area contributed by atoms with Crippen molar-refractivity contribution in [2.24, 2.45) is 0 Å². The van der Waals surface area contributed by atoms with Gasteiger partial charge < -0.3 is 5.32 Å². The number of nitrogens with zero attached hydrogens (tertiary/aromatic N) is 3. The molecule has 0 spiro atoms. The lowest BCUT2D eigenvalue weighted by atomic mass is 10.1. The molecule has 3 aromatic rings. The SMILES string of the molecule is CC(Nc1nc(Cl)nc2sccc12)c1ccncc1. The van der Waals surface area contributed by atoms with E-state index in [1.165, 1.54) is 0 Å². The van der Waals surface area contributed by atoms with Crippen LogP contribution in [0.5, 0.6) is 0 Å². The monoisotopic (exact) mass is 290 g/mol. The summed E-state index contributed by atoms with van der Waals surface area (Å²) >= 11 is 7.50. The molecule has 0 amide bonds. The highest BCUT2D eigenvalue weighted by atomic mass is 35.5. The van der Waals surface area contributed by atoms with Crippen molar-refractivity contribution in [1.82, 2.24) is 15.0 Å². The standard InChI is InChI=1S/C13H11ClN4S/c1-8(9-2-5-15-6-3-9)16-11-10-4-7-19-12(10)18-13(14)17-11/h2-8H,1H3,(H,16,17,18). The average Bonchev–Trinajstić information content (AvgIpc) is 2.88. The maximum absolute atomic E-state index is 5.94. The van der Waals surface area contributed by atoms with Gasteiger partial charge in [0.1, 0.15) is 10.6 Å². The Hall–Kier alpha value is -1.72. The Kier molecular flexibility index (Phi) is 3.31. The summed E-state index contributed by atoms with van der Waals surface area (Å²) in [5.41, 5.74) is 1.15. The van der Waals surface area contributed by atoms with Gasteiger partial charge in [-0.1, -0.05) is 0 Å². The predicted molar refractivity (Wildman–Crippen MR) is 78.7 cm³/mol. The van der Waals surface area contributed by atoms with Crippen molar-refractivity contribution in [2.45, 2.75) is 13.0 Å². The van der Waals surface area contributed by atoms with Gasteiger partial charge in [-0.05, 0) is 47.7 Å². The molecule has 3 rings (SSSR count). The Balaban J connectivity index is 1.95. The molecule has 0 aliphatic rings. The number of fused-ring (bicyclic) bond motifs is 1. The van der Waals surface area contributed by atoms with Crippen molar-refractivity contribution in [1.29, 1.82) is 0 Å². The van der Waals surface area contributed by atoms with Crippen LogP contribution in [0.2, 0.25) is 5.28 Å². The first-order valence-electron chi connectivity index (χ1n) is 5.81. The van der Waals surface area contributed by atoms with Crippen LogP contribution in [-0.2, 0) is 0 Å². The zero-order valence-corrected chi connectivity index (χ0v) is 11.7. The molecule has 3 aromatic heterocycles. The molecule has 0 fully saturated rings. The molecule has 0 bridgehead atoms. The van der Waals surface area contributed by atoms with E-state index in [1.807, 2.05) is 23.6 Å². The van der Waals surface area contributed by atoms with Gasteiger partial charge >= 0.3 is 0 Å². The van der Waals surface area contributed by atoms with Crippen LogP contribution in [0.15, 0.2) is 36.0 Å². The van der Waals surface area contributed by atoms with E-state index in [0.717, 1.165) is 21.6 Å². The van der Waals surface area contributed by atoms with Crippen LogP contribution in [0.1, 0.15) is 18.5 Å². The largest absolute Gasteiger partial charge is 0.363 e. The maximum atomic E-state index is 5.94. The normalized spacial score (nSPS) is 12.5. The Morgan fingerprint density at radius 3 is 2.79 bits per heavy atom. The van der Waals surface area contributed by atoms with Crippen molar-refractivity contribution < 1.29 is 0 Å². The second kappa shape index (κ2) is 5.11. The molecule has 1 N–H and O–H groups in total. The average molecular weight is 291 g/mol. The van der Waals surface area contributed by atoms with Crippen LogP contribution in [0.4, 0.5) is 5.82 Å². The third-order valence-electron chi connectivity index (χ3n) is 2.86. The fourth-order valence-corrected chi connectivity index (χ4v) is 2.86. The first kappa shape index (κ1) is 12.3. The molecule has 6 heteroatoms. The van der Waals surface area contributed by atoms with E-state index in [-0.39, 0.29) is 11.3 Å². The van der Waals surface area contributed by atoms with E-state index in [0.29, 0.717) is 0 Å². The predicted octanol–water partition coefficient (Wildman–Crippen LogP) is 3.91. The second-order valence-corrected chi connectivity index (χ2v) is 5.36. The first-order valence-corrected chi connectivity index (χ1v) is 7.07. The number of pyridine rings is 1. The number of halogens is 1. The molecule has 0 radical (unpaired) electrons. The second-order valence-electron chi connectivity index (χ2n) is 4.13. The molecule has 0 aliphatic carbocycles. The Labute approximate surface area is 119 Å². The van der Waals surface area contributed by atoms with Crippen LogP contribution >= 0.6 is 22.9 Å². The fourth-order valence-electron chi connectivity index (χ4n) is 1.88. The molecule has 96 valence electrons. The van der Waals surface area contributed by atoms with Gasteiger partial charge in [-0.3, -0.25) is 4.98 Å². The Morgan fingerprint density at radius 2 is 2.00 bits per heavy atom. The van der Waals surface area contributed by atoms with Gasteiger partial charge in [-0.2, -0.15) is 0 Å². The number of anilines is 1. The zero-order valence-electron chi connectivity index (χ0n) is 10.2. The third-order valence-corrected chi connectivity index (χ3v) is 3.83. The molecule has 3 heterocycles. The minimum atomic E-state index is 0.122. The van der Waals surface area contributed by atoms with E-state index in [1.54, 1.807) is 23.7 Å². The molecule has 1 unspecified atom stereocenters. The van der Waals surface area contributed by atoms with Crippen LogP contribution in [0.3, 0.4) is 0 Å². The van der Waals surface area contributed by atoms with Crippen molar-refractivity contribution in [3.63, 3.8) is 0 Å². The first-order chi connectivity index (χ1) is 9.24. The summed E-state index contributed by atoms with van der Waals surface area (Å²) in [7, 11) is 0. The minimum Gasteiger partial charge on any atom is -0.363 e. The molecule has 0 aromatic carbocycles. The highest BCUT2D eigenvalue weighted by Crippen LogP contribution is 2.28. The molecule has 19 heavy (non-hydrogen) atoms. The Morgan fingerprint density at radius 1 is 1.21 bits per heavy atom. The van der Waals surface area contributed by atoms with E-state index >= 15 is 0 Å². The third kappa shape index (κ3) is 2.52. The van der Waals surface area contributed by atoms with Gasteiger partial charge in [0.05, 0.1) is 11.4 Å². The van der Waals surface area contributed by atoms with Crippen molar-refractivity contribution in [3.05, 3.63) is 46.8 Å². The van der Waals surface area contributed by atoms with E-state index in [4.69, 9.17) is 11.6 Å². The molecule has 1 atom stereocenters. The zero-order chi connectivity index (χ0) is 13.2. The summed E-state index contributed by atoms with van der Waals surface area (Å²) in [6, 6.07) is 6.08. The van der Waals surface area contributed by atoms with Crippen LogP contribution in [0.25, 0.3) is 10.2 Å². The molecule has 0 saturated carbocycles. The van der Waals surface area contributed by atoms with Gasteiger partial charge in [0.2, 0.25) is 5.28 Å². The van der Waals surface area contributed by atoms with Crippen molar-refractivity contribution in [3.8, 4) is 0 Å². The van der Waals surface area contributed by atoms with Gasteiger partial charge in [0.25, 0.3) is 0 Å². The minimum absolute atomic E-state index is 0.122. The van der Waals surface area contributed by atoms with E-state index < -0.39 is 0 Å². The lowest BCUT2D eigenvalue weighted by Crippen LogP contribution is -2.08. The summed E-state index contributed by atoms with van der Waals surface area (Å²) in [6.45, 7) is 2.07. The van der Waals surface area contributed by atoms with Gasteiger partial charge in [-0.15, -0.1) is 11.3 Å². The number of hydrogen-bond acceptors (Lipinski definition) is 5. The van der Waals surface area contributed by atoms with Crippen LogP contribution in [0, 0.1) is 0 Å². The summed E-state index contributed by atoms with van der Waals surface area (Å²) in [6.07, 6.45) is 3.56. The number of nitrogens with one attached hydrogen (secondary N) is 1. The van der Waals surface area contributed by atoms with Gasteiger partial charge in [0, 0.05) is 12.4 Å². The summed E-state index contributed by atoms with van der Waals surface area (Å²) < 4.78 is 0. The summed E-state index contributed by atoms with van der Waals surface area (Å²) in [5, 5.41) is 6.61. The summed E-state index contributed by atoms with van der Waals surface area (Å²) in [5.74, 6) is 0.764. The van der Waals surface area contributed by atoms with Crippen LogP contribution < -0.4 is 5.32 Å². The topological polar surface area (TPSA) is 50.7 Å². The van der Waals surface area contributed by atoms with Crippen molar-refractivity contribution in [2.75, 3.05) is 5.32 Å². The number of rotatable bonds is 3. The van der Waals surface area contributed by atoms with Gasteiger partial charge in [-0.25, -0.2) is 9.97 Å². The quantitative estimate of drug-likeness (QED) is 0.743. The number of aromatic nitrogens is 3. The fraction of sp³-hybridized carbons (Fsp3) is 0.154. The lowest BCUT2D eigenvalue weighted by molar-refractivity contribution is 0.872. The lowest BCUT2D eigenvalue weighted by Gasteiger charge is -2.15. The summed E-state index contributed by atoms with van der Waals surface area (Å²) in [4.78, 5) is 13.4. The van der Waals surface area contributed by atoms with E-state index in [9.17, 15) is 0 Å². The molecule has 0 aliphatic heterocycles. The molecule has 0 saturated heterocycles. The molecular formula is C13H11ClN4S. The van der Waals surface area contributed by atoms with Crippen molar-refractivity contribution >= 4 is 39.0 Å². The smallest absolute Gasteiger partial charge is 0.225 e. The number of hydrogen-bond donors (Lipinski definition) is 1. The maximum Gasteiger partial charge on any atom is 0.225 e. The number of thiophene rings is 1. The molecular weight excluding hydrogens is 280 g/mol. The van der Waals surface area contributed by atoms with E-state index in [2.05, 4.69) is 27.2 Å². The molecule has 4 nitrogen and oxygen atoms in total. The highest BCUT2D eigenvalue weighted by Gasteiger charge is 2.11.